The van der Waals surface area contributed by atoms with Gasteiger partial charge < -0.3 is 15.0 Å². The Morgan fingerprint density at radius 2 is 2.04 bits per heavy atom. The van der Waals surface area contributed by atoms with Crippen LogP contribution in [0.2, 0.25) is 0 Å². The third-order valence-corrected chi connectivity index (χ3v) is 6.42. The molecule has 2 amide bonds. The number of likely N-dealkylation sites (tertiary alicyclic amines) is 1. The Morgan fingerprint density at radius 1 is 1.24 bits per heavy atom. The Morgan fingerprint density at radius 3 is 2.84 bits per heavy atom. The van der Waals surface area contributed by atoms with E-state index >= 15 is 0 Å². The summed E-state index contributed by atoms with van der Waals surface area (Å²) >= 11 is 1.83. The van der Waals surface area contributed by atoms with Gasteiger partial charge in [0.1, 0.15) is 0 Å². The second-order valence-corrected chi connectivity index (χ2v) is 8.09. The maximum absolute atomic E-state index is 12.7. The van der Waals surface area contributed by atoms with E-state index in [0.29, 0.717) is 0 Å². The van der Waals surface area contributed by atoms with Crippen molar-refractivity contribution in [1.29, 1.82) is 0 Å². The number of amides is 2. The molecule has 0 saturated carbocycles. The number of hydrogen-bond donors (Lipinski definition) is 1. The molecule has 2 aliphatic heterocycles. The summed E-state index contributed by atoms with van der Waals surface area (Å²) in [5.74, 6) is 0. The van der Waals surface area contributed by atoms with Crippen molar-refractivity contribution in [3.05, 3.63) is 51.2 Å². The number of ether oxygens (including phenoxy) is 1. The number of carbonyl (C=O) groups is 1. The smallest absolute Gasteiger partial charge is 0.321 e. The van der Waals surface area contributed by atoms with E-state index in [1.54, 1.807) is 0 Å². The minimum atomic E-state index is -0.177. The second-order valence-electron chi connectivity index (χ2n) is 7.09. The lowest BCUT2D eigenvalue weighted by Gasteiger charge is -2.44. The first-order valence-electron chi connectivity index (χ1n) is 8.91. The molecule has 2 aliphatic rings. The summed E-state index contributed by atoms with van der Waals surface area (Å²) in [7, 11) is 0. The minimum Gasteiger partial charge on any atom is -0.370 e. The van der Waals surface area contributed by atoms with Gasteiger partial charge in [-0.2, -0.15) is 0 Å². The van der Waals surface area contributed by atoms with Crippen LogP contribution in [0.15, 0.2) is 29.6 Å². The third-order valence-electron chi connectivity index (χ3n) is 5.44. The van der Waals surface area contributed by atoms with Gasteiger partial charge in [-0.25, -0.2) is 4.79 Å². The van der Waals surface area contributed by atoms with Crippen molar-refractivity contribution in [2.75, 3.05) is 25.0 Å². The number of aryl methyl sites for hydroxylation is 2. The zero-order valence-corrected chi connectivity index (χ0v) is 15.6. The van der Waals surface area contributed by atoms with Crippen molar-refractivity contribution in [1.82, 2.24) is 4.90 Å². The highest BCUT2D eigenvalue weighted by atomic mass is 32.1. The van der Waals surface area contributed by atoms with Gasteiger partial charge in [-0.05, 0) is 60.9 Å². The molecule has 0 radical (unpaired) electrons. The molecule has 0 unspecified atom stereocenters. The standard InChI is InChI=1S/C20H24N2O2S/c1-14-3-4-15(2)17(13-14)21-19(23)22-9-7-20(8-10-22)16-6-12-25-18(16)5-11-24-20/h3-4,6,12-13H,5,7-11H2,1-2H3,(H,21,23). The minimum absolute atomic E-state index is 0.00935. The Hall–Kier alpha value is -1.85. The van der Waals surface area contributed by atoms with E-state index in [1.807, 2.05) is 42.2 Å². The molecule has 0 atom stereocenters. The number of urea groups is 1. The predicted molar refractivity (Wildman–Crippen MR) is 101 cm³/mol. The normalized spacial score (nSPS) is 18.9. The monoisotopic (exact) mass is 356 g/mol. The quantitative estimate of drug-likeness (QED) is 0.819. The zero-order valence-electron chi connectivity index (χ0n) is 14.8. The Labute approximate surface area is 152 Å². The number of hydrogen-bond acceptors (Lipinski definition) is 3. The van der Waals surface area contributed by atoms with Crippen molar-refractivity contribution in [2.24, 2.45) is 0 Å². The number of thiophene rings is 1. The van der Waals surface area contributed by atoms with E-state index in [0.717, 1.165) is 55.8 Å². The summed E-state index contributed by atoms with van der Waals surface area (Å²) < 4.78 is 6.22. The summed E-state index contributed by atoms with van der Waals surface area (Å²) in [6, 6.07) is 8.34. The van der Waals surface area contributed by atoms with Crippen LogP contribution in [0.1, 0.15) is 34.4 Å². The fourth-order valence-electron chi connectivity index (χ4n) is 3.91. The molecule has 1 fully saturated rings. The van der Waals surface area contributed by atoms with Crippen molar-refractivity contribution in [2.45, 2.75) is 38.7 Å². The highest BCUT2D eigenvalue weighted by Gasteiger charge is 2.42. The molecule has 0 aliphatic carbocycles. The molecular weight excluding hydrogens is 332 g/mol. The summed E-state index contributed by atoms with van der Waals surface area (Å²) in [5.41, 5.74) is 4.33. The molecule has 5 heteroatoms. The average molecular weight is 356 g/mol. The van der Waals surface area contributed by atoms with Crippen molar-refractivity contribution < 1.29 is 9.53 Å². The van der Waals surface area contributed by atoms with E-state index in [4.69, 9.17) is 4.74 Å². The lowest BCUT2D eigenvalue weighted by Crippen LogP contribution is -2.49. The number of piperidine rings is 1. The molecule has 4 nitrogen and oxygen atoms in total. The first-order valence-corrected chi connectivity index (χ1v) is 9.79. The van der Waals surface area contributed by atoms with Crippen LogP contribution in [0, 0.1) is 13.8 Å². The third kappa shape index (κ3) is 3.07. The molecule has 25 heavy (non-hydrogen) atoms. The summed E-state index contributed by atoms with van der Waals surface area (Å²) in [5, 5.41) is 5.24. The van der Waals surface area contributed by atoms with Gasteiger partial charge in [-0.15, -0.1) is 11.3 Å². The molecule has 3 heterocycles. The Bertz CT molecular complexity index is 791. The van der Waals surface area contributed by atoms with E-state index in [9.17, 15) is 4.79 Å². The van der Waals surface area contributed by atoms with Crippen LogP contribution in [0.4, 0.5) is 10.5 Å². The molecule has 2 aromatic rings. The summed E-state index contributed by atoms with van der Waals surface area (Å²) in [4.78, 5) is 16.0. The number of rotatable bonds is 1. The first-order chi connectivity index (χ1) is 12.1. The van der Waals surface area contributed by atoms with Crippen LogP contribution in [0.5, 0.6) is 0 Å². The molecule has 1 saturated heterocycles. The van der Waals surface area contributed by atoms with Crippen LogP contribution in [-0.4, -0.2) is 30.6 Å². The van der Waals surface area contributed by atoms with Crippen molar-refractivity contribution in [3.63, 3.8) is 0 Å². The molecule has 1 spiro atoms. The molecule has 1 N–H and O–H groups in total. The number of benzene rings is 1. The van der Waals surface area contributed by atoms with Crippen LogP contribution >= 0.6 is 11.3 Å². The van der Waals surface area contributed by atoms with Gasteiger partial charge >= 0.3 is 6.03 Å². The van der Waals surface area contributed by atoms with Gasteiger partial charge in [-0.1, -0.05) is 12.1 Å². The van der Waals surface area contributed by atoms with Gasteiger partial charge in [0.15, 0.2) is 0 Å². The van der Waals surface area contributed by atoms with Crippen molar-refractivity contribution in [3.8, 4) is 0 Å². The predicted octanol–water partition coefficient (Wildman–Crippen LogP) is 4.46. The van der Waals surface area contributed by atoms with Gasteiger partial charge in [0.25, 0.3) is 0 Å². The van der Waals surface area contributed by atoms with E-state index in [-0.39, 0.29) is 11.6 Å². The van der Waals surface area contributed by atoms with E-state index in [2.05, 4.69) is 22.8 Å². The number of nitrogens with zero attached hydrogens (tertiary/aromatic N) is 1. The molecule has 0 bridgehead atoms. The largest absolute Gasteiger partial charge is 0.370 e. The molecule has 1 aromatic carbocycles. The fourth-order valence-corrected chi connectivity index (χ4v) is 4.86. The number of fused-ring (bicyclic) bond motifs is 2. The van der Waals surface area contributed by atoms with E-state index < -0.39 is 0 Å². The fraction of sp³-hybridized carbons (Fsp3) is 0.450. The molecule has 1 aromatic heterocycles. The van der Waals surface area contributed by atoms with Crippen LogP contribution in [0.3, 0.4) is 0 Å². The zero-order chi connectivity index (χ0) is 17.4. The lowest BCUT2D eigenvalue weighted by molar-refractivity contribution is -0.0912. The molecule has 132 valence electrons. The highest BCUT2D eigenvalue weighted by molar-refractivity contribution is 7.10. The maximum atomic E-state index is 12.7. The highest BCUT2D eigenvalue weighted by Crippen LogP contribution is 2.43. The molecule has 4 rings (SSSR count). The number of nitrogens with one attached hydrogen (secondary N) is 1. The lowest BCUT2D eigenvalue weighted by atomic mass is 9.82. The van der Waals surface area contributed by atoms with Gasteiger partial charge in [0.05, 0.1) is 12.2 Å². The topological polar surface area (TPSA) is 41.6 Å². The summed E-state index contributed by atoms with van der Waals surface area (Å²) in [6.45, 7) is 6.31. The summed E-state index contributed by atoms with van der Waals surface area (Å²) in [6.07, 6.45) is 2.76. The molecular formula is C20H24N2O2S. The SMILES string of the molecule is Cc1ccc(C)c(NC(=O)N2CCC3(CC2)OCCc2sccc23)c1. The van der Waals surface area contributed by atoms with Crippen molar-refractivity contribution >= 4 is 23.1 Å². The second kappa shape index (κ2) is 6.46. The first kappa shape index (κ1) is 16.6. The van der Waals surface area contributed by atoms with Crippen LogP contribution < -0.4 is 5.32 Å². The van der Waals surface area contributed by atoms with Crippen LogP contribution in [-0.2, 0) is 16.8 Å². The van der Waals surface area contributed by atoms with Crippen LogP contribution in [0.25, 0.3) is 0 Å². The number of carbonyl (C=O) groups excluding carboxylic acids is 1. The Kier molecular flexibility index (Phi) is 4.29. The maximum Gasteiger partial charge on any atom is 0.321 e. The van der Waals surface area contributed by atoms with Gasteiger partial charge in [0, 0.05) is 30.1 Å². The Balaban J connectivity index is 1.44. The van der Waals surface area contributed by atoms with E-state index in [1.165, 1.54) is 10.4 Å². The average Bonchev–Trinajstić information content (AvgIpc) is 3.09. The number of anilines is 1. The van der Waals surface area contributed by atoms with Gasteiger partial charge in [0.2, 0.25) is 0 Å². The van der Waals surface area contributed by atoms with Gasteiger partial charge in [-0.3, -0.25) is 0 Å².